The van der Waals surface area contributed by atoms with Crippen molar-refractivity contribution >= 4 is 23.5 Å². The molecule has 0 spiro atoms. The SMILES string of the molecule is COc1ccc(OC)c([C@H]2CCCN2C(=O)COC(=O)c2cccc(Cl)c2)c1. The van der Waals surface area contributed by atoms with E-state index in [1.165, 1.54) is 6.07 Å². The highest BCUT2D eigenvalue weighted by atomic mass is 35.5. The lowest BCUT2D eigenvalue weighted by atomic mass is 10.0. The third-order valence-corrected chi connectivity index (χ3v) is 4.99. The van der Waals surface area contributed by atoms with Gasteiger partial charge in [-0.15, -0.1) is 0 Å². The van der Waals surface area contributed by atoms with E-state index < -0.39 is 5.97 Å². The summed E-state index contributed by atoms with van der Waals surface area (Å²) in [4.78, 5) is 26.6. The van der Waals surface area contributed by atoms with Crippen molar-refractivity contribution in [1.82, 2.24) is 4.90 Å². The highest BCUT2D eigenvalue weighted by Crippen LogP contribution is 2.38. The number of likely N-dealkylation sites (tertiary alicyclic amines) is 1. The topological polar surface area (TPSA) is 65.1 Å². The first kappa shape index (κ1) is 20.0. The van der Waals surface area contributed by atoms with E-state index in [4.69, 9.17) is 25.8 Å². The number of hydrogen-bond acceptors (Lipinski definition) is 5. The zero-order valence-corrected chi connectivity index (χ0v) is 16.6. The maximum absolute atomic E-state index is 12.7. The number of benzene rings is 2. The molecule has 0 saturated carbocycles. The van der Waals surface area contributed by atoms with E-state index in [2.05, 4.69) is 0 Å². The molecule has 28 heavy (non-hydrogen) atoms. The van der Waals surface area contributed by atoms with Gasteiger partial charge in [-0.1, -0.05) is 17.7 Å². The molecule has 0 aliphatic carbocycles. The molecule has 2 aromatic rings. The minimum Gasteiger partial charge on any atom is -0.497 e. The van der Waals surface area contributed by atoms with Crippen molar-refractivity contribution in [2.75, 3.05) is 27.4 Å². The second kappa shape index (κ2) is 8.97. The van der Waals surface area contributed by atoms with E-state index in [9.17, 15) is 9.59 Å². The lowest BCUT2D eigenvalue weighted by Gasteiger charge is -2.26. The summed E-state index contributed by atoms with van der Waals surface area (Å²) in [6.07, 6.45) is 1.66. The van der Waals surface area contributed by atoms with Crippen molar-refractivity contribution in [2.45, 2.75) is 18.9 Å². The molecule has 1 heterocycles. The van der Waals surface area contributed by atoms with E-state index in [1.807, 2.05) is 18.2 Å². The highest BCUT2D eigenvalue weighted by molar-refractivity contribution is 6.30. The van der Waals surface area contributed by atoms with Crippen LogP contribution in [0, 0.1) is 0 Å². The zero-order valence-electron chi connectivity index (χ0n) is 15.8. The average Bonchev–Trinajstić information content (AvgIpc) is 3.21. The normalized spacial score (nSPS) is 16.0. The van der Waals surface area contributed by atoms with Gasteiger partial charge in [-0.2, -0.15) is 0 Å². The van der Waals surface area contributed by atoms with Gasteiger partial charge in [0.1, 0.15) is 11.5 Å². The summed E-state index contributed by atoms with van der Waals surface area (Å²) in [6.45, 7) is 0.271. The fourth-order valence-electron chi connectivity index (χ4n) is 3.40. The fourth-order valence-corrected chi connectivity index (χ4v) is 3.59. The molecule has 1 atom stereocenters. The maximum Gasteiger partial charge on any atom is 0.338 e. The van der Waals surface area contributed by atoms with Gasteiger partial charge in [0.25, 0.3) is 5.91 Å². The summed E-state index contributed by atoms with van der Waals surface area (Å²) in [5.74, 6) is 0.567. The minimum atomic E-state index is -0.578. The molecule has 0 N–H and O–H groups in total. The van der Waals surface area contributed by atoms with Crippen molar-refractivity contribution < 1.29 is 23.8 Å². The summed E-state index contributed by atoms with van der Waals surface area (Å²) in [7, 11) is 3.19. The molecule has 6 nitrogen and oxygen atoms in total. The molecule has 0 bridgehead atoms. The third kappa shape index (κ3) is 4.39. The number of halogens is 1. The zero-order chi connectivity index (χ0) is 20.1. The second-order valence-corrected chi connectivity index (χ2v) is 6.88. The van der Waals surface area contributed by atoms with E-state index in [0.29, 0.717) is 28.6 Å². The van der Waals surface area contributed by atoms with Gasteiger partial charge >= 0.3 is 5.97 Å². The van der Waals surface area contributed by atoms with E-state index >= 15 is 0 Å². The Morgan fingerprint density at radius 3 is 2.68 bits per heavy atom. The van der Waals surface area contributed by atoms with Crippen LogP contribution in [-0.4, -0.2) is 44.1 Å². The monoisotopic (exact) mass is 403 g/mol. The van der Waals surface area contributed by atoms with E-state index in [0.717, 1.165) is 18.4 Å². The quantitative estimate of drug-likeness (QED) is 0.685. The molecule has 148 valence electrons. The summed E-state index contributed by atoms with van der Waals surface area (Å²) < 4.78 is 16.0. The van der Waals surface area contributed by atoms with Crippen LogP contribution in [0.25, 0.3) is 0 Å². The molecule has 1 aliphatic heterocycles. The highest BCUT2D eigenvalue weighted by Gasteiger charge is 2.32. The van der Waals surface area contributed by atoms with Crippen LogP contribution in [-0.2, 0) is 9.53 Å². The molecule has 3 rings (SSSR count). The fraction of sp³-hybridized carbons (Fsp3) is 0.333. The predicted octanol–water partition coefficient (Wildman–Crippen LogP) is 3.88. The van der Waals surface area contributed by atoms with Crippen LogP contribution in [0.4, 0.5) is 0 Å². The lowest BCUT2D eigenvalue weighted by molar-refractivity contribution is -0.135. The molecular formula is C21H22ClNO5. The number of amides is 1. The van der Waals surface area contributed by atoms with Crippen LogP contribution in [0.15, 0.2) is 42.5 Å². The average molecular weight is 404 g/mol. The summed E-state index contributed by atoms with van der Waals surface area (Å²) in [6, 6.07) is 11.8. The minimum absolute atomic E-state index is 0.151. The standard InChI is InChI=1S/C21H22ClNO5/c1-26-16-8-9-19(27-2)17(12-16)18-7-4-10-23(18)20(24)13-28-21(25)14-5-3-6-15(22)11-14/h3,5-6,8-9,11-12,18H,4,7,10,13H2,1-2H3/t18-/m1/s1. The van der Waals surface area contributed by atoms with Gasteiger partial charge in [0, 0.05) is 17.1 Å². The first-order valence-electron chi connectivity index (χ1n) is 8.97. The van der Waals surface area contributed by atoms with Crippen molar-refractivity contribution in [3.05, 3.63) is 58.6 Å². The molecule has 7 heteroatoms. The Hall–Kier alpha value is -2.73. The van der Waals surface area contributed by atoms with Gasteiger partial charge in [-0.25, -0.2) is 4.79 Å². The Balaban J connectivity index is 1.70. The first-order valence-corrected chi connectivity index (χ1v) is 9.35. The number of nitrogens with zero attached hydrogens (tertiary/aromatic N) is 1. The molecule has 0 radical (unpaired) electrons. The Morgan fingerprint density at radius 1 is 1.14 bits per heavy atom. The molecule has 0 aromatic heterocycles. The summed E-state index contributed by atoms with van der Waals surface area (Å²) in [5, 5.41) is 0.436. The molecular weight excluding hydrogens is 382 g/mol. The number of rotatable bonds is 6. The molecule has 1 aliphatic rings. The second-order valence-electron chi connectivity index (χ2n) is 6.44. The van der Waals surface area contributed by atoms with Crippen LogP contribution < -0.4 is 9.47 Å². The number of ether oxygens (including phenoxy) is 3. The summed E-state index contributed by atoms with van der Waals surface area (Å²) in [5.41, 5.74) is 1.20. The lowest BCUT2D eigenvalue weighted by Crippen LogP contribution is -2.34. The molecule has 0 unspecified atom stereocenters. The van der Waals surface area contributed by atoms with E-state index in [1.54, 1.807) is 37.3 Å². The Kier molecular flexibility index (Phi) is 6.41. The van der Waals surface area contributed by atoms with Gasteiger partial charge in [-0.3, -0.25) is 4.79 Å². The molecule has 1 fully saturated rings. The summed E-state index contributed by atoms with van der Waals surface area (Å²) >= 11 is 5.89. The molecule has 1 amide bonds. The first-order chi connectivity index (χ1) is 13.5. The predicted molar refractivity (Wildman–Crippen MR) is 105 cm³/mol. The number of carbonyl (C=O) groups excluding carboxylic acids is 2. The van der Waals surface area contributed by atoms with Crippen LogP contribution in [0.3, 0.4) is 0 Å². The van der Waals surface area contributed by atoms with Crippen molar-refractivity contribution in [3.8, 4) is 11.5 Å². The number of methoxy groups -OCH3 is 2. The smallest absolute Gasteiger partial charge is 0.338 e. The van der Waals surface area contributed by atoms with Crippen molar-refractivity contribution in [3.63, 3.8) is 0 Å². The van der Waals surface area contributed by atoms with Gasteiger partial charge < -0.3 is 19.1 Å². The third-order valence-electron chi connectivity index (χ3n) is 4.76. The van der Waals surface area contributed by atoms with Crippen LogP contribution >= 0.6 is 11.6 Å². The van der Waals surface area contributed by atoms with Gasteiger partial charge in [-0.05, 0) is 49.2 Å². The van der Waals surface area contributed by atoms with Gasteiger partial charge in [0.05, 0.1) is 25.8 Å². The molecule has 2 aromatic carbocycles. The Labute approximate surface area is 168 Å². The van der Waals surface area contributed by atoms with Crippen molar-refractivity contribution in [2.24, 2.45) is 0 Å². The van der Waals surface area contributed by atoms with Gasteiger partial charge in [0.2, 0.25) is 0 Å². The van der Waals surface area contributed by atoms with Crippen LogP contribution in [0.1, 0.15) is 34.8 Å². The number of carbonyl (C=O) groups is 2. The maximum atomic E-state index is 12.7. The van der Waals surface area contributed by atoms with Crippen molar-refractivity contribution in [1.29, 1.82) is 0 Å². The van der Waals surface area contributed by atoms with Crippen LogP contribution in [0.5, 0.6) is 11.5 Å². The number of hydrogen-bond donors (Lipinski definition) is 0. The van der Waals surface area contributed by atoms with E-state index in [-0.39, 0.29) is 18.6 Å². The van der Waals surface area contributed by atoms with Gasteiger partial charge in [0.15, 0.2) is 6.61 Å². The molecule has 1 saturated heterocycles. The number of esters is 1. The Bertz CT molecular complexity index is 870. The largest absolute Gasteiger partial charge is 0.497 e. The Morgan fingerprint density at radius 2 is 1.96 bits per heavy atom. The van der Waals surface area contributed by atoms with Crippen LogP contribution in [0.2, 0.25) is 5.02 Å².